The van der Waals surface area contributed by atoms with Crippen LogP contribution in [0.3, 0.4) is 0 Å². The normalized spacial score (nSPS) is 15.1. The molecule has 0 saturated carbocycles. The molecule has 0 unspecified atom stereocenters. The number of anilines is 2. The van der Waals surface area contributed by atoms with Gasteiger partial charge in [-0.1, -0.05) is 13.8 Å². The highest BCUT2D eigenvalue weighted by Crippen LogP contribution is 2.20. The summed E-state index contributed by atoms with van der Waals surface area (Å²) in [4.78, 5) is 21.1. The third kappa shape index (κ3) is 3.51. The van der Waals surface area contributed by atoms with Crippen LogP contribution in [0.2, 0.25) is 0 Å². The highest BCUT2D eigenvalue weighted by Gasteiger charge is 2.21. The van der Waals surface area contributed by atoms with E-state index in [1.165, 1.54) is 0 Å². The maximum absolute atomic E-state index is 12.0. The standard InChI is InChI=1S/C19H25N7O/c1-14(2)13-25-19(27)5-4-17(22-25)23-8-10-24(11-9-23)18-12-15(3)21-16-6-7-20-26(16)18/h4-7,12,14H,8-11,13H2,1-3H3. The fourth-order valence-electron chi connectivity index (χ4n) is 3.49. The third-order valence-corrected chi connectivity index (χ3v) is 4.79. The molecular formula is C19H25N7O. The average molecular weight is 367 g/mol. The fourth-order valence-corrected chi connectivity index (χ4v) is 3.49. The molecule has 4 rings (SSSR count). The third-order valence-electron chi connectivity index (χ3n) is 4.79. The van der Waals surface area contributed by atoms with Crippen molar-refractivity contribution in [3.63, 3.8) is 0 Å². The molecule has 1 aliphatic rings. The van der Waals surface area contributed by atoms with Crippen LogP contribution in [0.4, 0.5) is 11.6 Å². The Balaban J connectivity index is 1.52. The molecule has 4 heterocycles. The van der Waals surface area contributed by atoms with Crippen LogP contribution in [0.25, 0.3) is 5.65 Å². The summed E-state index contributed by atoms with van der Waals surface area (Å²) in [5.74, 6) is 2.32. The maximum atomic E-state index is 12.0. The number of piperazine rings is 1. The first-order valence-electron chi connectivity index (χ1n) is 9.41. The van der Waals surface area contributed by atoms with Crippen LogP contribution in [-0.4, -0.2) is 50.6 Å². The summed E-state index contributed by atoms with van der Waals surface area (Å²) in [5.41, 5.74) is 1.82. The minimum Gasteiger partial charge on any atom is -0.353 e. The van der Waals surface area contributed by atoms with Gasteiger partial charge in [-0.15, -0.1) is 0 Å². The second-order valence-corrected chi connectivity index (χ2v) is 7.44. The zero-order valence-corrected chi connectivity index (χ0v) is 16.0. The zero-order valence-electron chi connectivity index (χ0n) is 16.0. The number of hydrogen-bond donors (Lipinski definition) is 0. The van der Waals surface area contributed by atoms with Gasteiger partial charge in [-0.2, -0.15) is 14.7 Å². The van der Waals surface area contributed by atoms with Crippen LogP contribution in [0.15, 0.2) is 35.3 Å². The molecule has 0 aliphatic carbocycles. The molecule has 8 heteroatoms. The van der Waals surface area contributed by atoms with Crippen LogP contribution < -0.4 is 15.4 Å². The van der Waals surface area contributed by atoms with Crippen molar-refractivity contribution in [1.82, 2.24) is 24.4 Å². The molecule has 0 amide bonds. The Morgan fingerprint density at radius 3 is 2.56 bits per heavy atom. The minimum atomic E-state index is -0.0422. The Hall–Kier alpha value is -2.90. The molecule has 0 bridgehead atoms. The molecule has 27 heavy (non-hydrogen) atoms. The van der Waals surface area contributed by atoms with Gasteiger partial charge in [-0.25, -0.2) is 9.67 Å². The molecule has 8 nitrogen and oxygen atoms in total. The first-order chi connectivity index (χ1) is 13.0. The lowest BCUT2D eigenvalue weighted by molar-refractivity contribution is 0.461. The van der Waals surface area contributed by atoms with Crippen molar-refractivity contribution in [1.29, 1.82) is 0 Å². The average Bonchev–Trinajstić information content (AvgIpc) is 3.11. The van der Waals surface area contributed by atoms with Crippen LogP contribution in [0.5, 0.6) is 0 Å². The predicted octanol–water partition coefficient (Wildman–Crippen LogP) is 1.58. The molecule has 0 radical (unpaired) electrons. The number of hydrogen-bond acceptors (Lipinski definition) is 6. The van der Waals surface area contributed by atoms with Crippen molar-refractivity contribution in [2.75, 3.05) is 36.0 Å². The molecule has 3 aromatic rings. The van der Waals surface area contributed by atoms with Gasteiger partial charge in [-0.05, 0) is 18.9 Å². The van der Waals surface area contributed by atoms with E-state index >= 15 is 0 Å². The Kier molecular flexibility index (Phi) is 4.55. The molecule has 0 spiro atoms. The van der Waals surface area contributed by atoms with E-state index in [1.807, 2.05) is 23.6 Å². The zero-order chi connectivity index (χ0) is 19.0. The molecule has 1 saturated heterocycles. The van der Waals surface area contributed by atoms with Gasteiger partial charge >= 0.3 is 0 Å². The van der Waals surface area contributed by atoms with Gasteiger partial charge in [0.2, 0.25) is 0 Å². The minimum absolute atomic E-state index is 0.0422. The monoisotopic (exact) mass is 367 g/mol. The highest BCUT2D eigenvalue weighted by molar-refractivity contribution is 5.52. The van der Waals surface area contributed by atoms with E-state index in [9.17, 15) is 4.79 Å². The topological polar surface area (TPSA) is 71.6 Å². The van der Waals surface area contributed by atoms with Gasteiger partial charge in [0.15, 0.2) is 5.65 Å². The molecule has 0 aromatic carbocycles. The van der Waals surface area contributed by atoms with Crippen molar-refractivity contribution < 1.29 is 0 Å². The SMILES string of the molecule is Cc1cc(N2CCN(c3ccc(=O)n(CC(C)C)n3)CC2)n2nccc2n1. The summed E-state index contributed by atoms with van der Waals surface area (Å²) in [6.45, 7) is 10.2. The number of aryl methyl sites for hydroxylation is 1. The van der Waals surface area contributed by atoms with E-state index in [2.05, 4.69) is 44.9 Å². The lowest BCUT2D eigenvalue weighted by atomic mass is 10.2. The first kappa shape index (κ1) is 17.5. The van der Waals surface area contributed by atoms with Gasteiger partial charge in [-0.3, -0.25) is 4.79 Å². The number of nitrogens with zero attached hydrogens (tertiary/aromatic N) is 7. The van der Waals surface area contributed by atoms with Crippen molar-refractivity contribution in [2.45, 2.75) is 27.3 Å². The Morgan fingerprint density at radius 2 is 1.81 bits per heavy atom. The van der Waals surface area contributed by atoms with E-state index in [0.717, 1.165) is 49.2 Å². The Bertz CT molecular complexity index is 999. The first-order valence-corrected chi connectivity index (χ1v) is 9.41. The van der Waals surface area contributed by atoms with Crippen molar-refractivity contribution >= 4 is 17.3 Å². The second-order valence-electron chi connectivity index (χ2n) is 7.44. The maximum Gasteiger partial charge on any atom is 0.266 e. The molecular weight excluding hydrogens is 342 g/mol. The van der Waals surface area contributed by atoms with Crippen LogP contribution in [-0.2, 0) is 6.54 Å². The summed E-state index contributed by atoms with van der Waals surface area (Å²) in [6, 6.07) is 7.46. The van der Waals surface area contributed by atoms with Gasteiger partial charge in [0.1, 0.15) is 11.6 Å². The Labute approximate surface area is 158 Å². The summed E-state index contributed by atoms with van der Waals surface area (Å²) in [6.07, 6.45) is 1.78. The molecule has 3 aromatic heterocycles. The van der Waals surface area contributed by atoms with Gasteiger partial charge < -0.3 is 9.80 Å². The molecule has 1 fully saturated rings. The number of fused-ring (bicyclic) bond motifs is 1. The van der Waals surface area contributed by atoms with E-state index < -0.39 is 0 Å². The van der Waals surface area contributed by atoms with Crippen molar-refractivity contribution in [3.8, 4) is 0 Å². The lowest BCUT2D eigenvalue weighted by Crippen LogP contribution is -2.48. The predicted molar refractivity (Wildman–Crippen MR) is 105 cm³/mol. The number of rotatable bonds is 4. The van der Waals surface area contributed by atoms with Crippen LogP contribution >= 0.6 is 0 Å². The summed E-state index contributed by atoms with van der Waals surface area (Å²) < 4.78 is 3.47. The Morgan fingerprint density at radius 1 is 1.07 bits per heavy atom. The highest BCUT2D eigenvalue weighted by atomic mass is 16.1. The molecule has 142 valence electrons. The molecule has 0 N–H and O–H groups in total. The second kappa shape index (κ2) is 7.02. The van der Waals surface area contributed by atoms with Crippen molar-refractivity contribution in [2.24, 2.45) is 5.92 Å². The van der Waals surface area contributed by atoms with E-state index in [-0.39, 0.29) is 5.56 Å². The summed E-state index contributed by atoms with van der Waals surface area (Å²) in [5, 5.41) is 8.98. The largest absolute Gasteiger partial charge is 0.353 e. The molecule has 1 aliphatic heterocycles. The van der Waals surface area contributed by atoms with Gasteiger partial charge in [0, 0.05) is 56.6 Å². The van der Waals surface area contributed by atoms with Gasteiger partial charge in [0.25, 0.3) is 5.56 Å². The van der Waals surface area contributed by atoms with Crippen LogP contribution in [0.1, 0.15) is 19.5 Å². The summed E-state index contributed by atoms with van der Waals surface area (Å²) in [7, 11) is 0. The smallest absolute Gasteiger partial charge is 0.266 e. The van der Waals surface area contributed by atoms with E-state index in [0.29, 0.717) is 12.5 Å². The summed E-state index contributed by atoms with van der Waals surface area (Å²) >= 11 is 0. The lowest BCUT2D eigenvalue weighted by Gasteiger charge is -2.36. The van der Waals surface area contributed by atoms with E-state index in [1.54, 1.807) is 16.9 Å². The molecule has 0 atom stereocenters. The fraction of sp³-hybridized carbons (Fsp3) is 0.474. The number of aromatic nitrogens is 5. The van der Waals surface area contributed by atoms with Crippen molar-refractivity contribution in [3.05, 3.63) is 46.5 Å². The van der Waals surface area contributed by atoms with Crippen LogP contribution in [0, 0.1) is 12.8 Å². The van der Waals surface area contributed by atoms with E-state index in [4.69, 9.17) is 0 Å². The quantitative estimate of drug-likeness (QED) is 0.697. The van der Waals surface area contributed by atoms with Gasteiger partial charge in [0.05, 0.1) is 6.20 Å².